The molecule has 1 saturated heterocycles. The molecule has 138 valence electrons. The van der Waals surface area contributed by atoms with Gasteiger partial charge in [0.05, 0.1) is 17.1 Å². The van der Waals surface area contributed by atoms with Crippen LogP contribution in [-0.2, 0) is 17.6 Å². The van der Waals surface area contributed by atoms with Crippen LogP contribution in [0.15, 0.2) is 18.2 Å². The van der Waals surface area contributed by atoms with E-state index in [1.807, 2.05) is 23.1 Å². The number of hydrogen-bond donors (Lipinski definition) is 1. The molecule has 1 amide bonds. The van der Waals surface area contributed by atoms with Crippen LogP contribution in [0.3, 0.4) is 0 Å². The molecule has 0 radical (unpaired) electrons. The number of fused-ring (bicyclic) bond motifs is 2. The maximum atomic E-state index is 13.0. The highest BCUT2D eigenvalue weighted by molar-refractivity contribution is 6.36. The van der Waals surface area contributed by atoms with Crippen LogP contribution in [0.25, 0.3) is 10.9 Å². The Labute approximate surface area is 158 Å². The molecule has 2 heterocycles. The zero-order valence-electron chi connectivity index (χ0n) is 15.1. The summed E-state index contributed by atoms with van der Waals surface area (Å²) in [5.74, 6) is 0.0464. The summed E-state index contributed by atoms with van der Waals surface area (Å²) in [6.45, 7) is 2.74. The van der Waals surface area contributed by atoms with Gasteiger partial charge >= 0.3 is 0 Å². The van der Waals surface area contributed by atoms with Gasteiger partial charge in [0.2, 0.25) is 0 Å². The third-order valence-corrected chi connectivity index (χ3v) is 5.78. The quantitative estimate of drug-likeness (QED) is 0.898. The van der Waals surface area contributed by atoms with Crippen LogP contribution in [-0.4, -0.2) is 55.2 Å². The van der Waals surface area contributed by atoms with Gasteiger partial charge in [-0.25, -0.2) is 0 Å². The number of ether oxygens (including phenoxy) is 1. The van der Waals surface area contributed by atoms with Crippen molar-refractivity contribution in [1.29, 1.82) is 0 Å². The molecule has 0 saturated carbocycles. The number of hydrogen-bond acceptors (Lipinski definition) is 4. The molecule has 5 nitrogen and oxygen atoms in total. The lowest BCUT2D eigenvalue weighted by atomic mass is 9.94. The lowest BCUT2D eigenvalue weighted by Gasteiger charge is -2.33. The summed E-state index contributed by atoms with van der Waals surface area (Å²) in [6.07, 6.45) is 4.29. The predicted molar refractivity (Wildman–Crippen MR) is 103 cm³/mol. The predicted octanol–water partition coefficient (Wildman–Crippen LogP) is 2.83. The van der Waals surface area contributed by atoms with Gasteiger partial charge < -0.3 is 15.0 Å². The Kier molecular flexibility index (Phi) is 5.11. The van der Waals surface area contributed by atoms with E-state index in [2.05, 4.69) is 5.32 Å². The SMILES string of the molecule is COCC1CN(C(=O)c2ccc3c(Cl)c4c(nc3c2)CCCC4)CCN1. The number of rotatable bonds is 3. The van der Waals surface area contributed by atoms with Crippen molar-refractivity contribution in [1.82, 2.24) is 15.2 Å². The number of carbonyl (C=O) groups excluding carboxylic acids is 1. The Hall–Kier alpha value is -1.69. The Morgan fingerprint density at radius 3 is 3.08 bits per heavy atom. The highest BCUT2D eigenvalue weighted by atomic mass is 35.5. The first-order chi connectivity index (χ1) is 12.7. The van der Waals surface area contributed by atoms with Gasteiger partial charge in [0.15, 0.2) is 0 Å². The fourth-order valence-corrected chi connectivity index (χ4v) is 4.37. The van der Waals surface area contributed by atoms with E-state index in [4.69, 9.17) is 21.3 Å². The number of aryl methyl sites for hydroxylation is 1. The van der Waals surface area contributed by atoms with Gasteiger partial charge in [-0.2, -0.15) is 0 Å². The molecule has 1 aliphatic heterocycles. The summed E-state index contributed by atoms with van der Waals surface area (Å²) < 4.78 is 5.21. The molecule has 0 bridgehead atoms. The number of amides is 1. The molecule has 1 fully saturated rings. The van der Waals surface area contributed by atoms with E-state index in [-0.39, 0.29) is 11.9 Å². The molecule has 0 spiro atoms. The fraction of sp³-hybridized carbons (Fsp3) is 0.500. The van der Waals surface area contributed by atoms with Crippen LogP contribution in [0.5, 0.6) is 0 Å². The van der Waals surface area contributed by atoms with E-state index < -0.39 is 0 Å². The molecular weight excluding hydrogens is 350 g/mol. The van der Waals surface area contributed by atoms with Crippen molar-refractivity contribution < 1.29 is 9.53 Å². The van der Waals surface area contributed by atoms with Gasteiger partial charge in [0.25, 0.3) is 5.91 Å². The summed E-state index contributed by atoms with van der Waals surface area (Å²) in [4.78, 5) is 19.7. The third kappa shape index (κ3) is 3.31. The first-order valence-corrected chi connectivity index (χ1v) is 9.68. The minimum atomic E-state index is 0.0464. The Morgan fingerprint density at radius 1 is 1.38 bits per heavy atom. The number of nitrogens with one attached hydrogen (secondary N) is 1. The maximum absolute atomic E-state index is 13.0. The highest BCUT2D eigenvalue weighted by Crippen LogP contribution is 2.33. The zero-order chi connectivity index (χ0) is 18.1. The fourth-order valence-electron chi connectivity index (χ4n) is 4.01. The molecule has 1 N–H and O–H groups in total. The van der Waals surface area contributed by atoms with E-state index in [1.165, 1.54) is 12.0 Å². The van der Waals surface area contributed by atoms with Crippen LogP contribution in [0.4, 0.5) is 0 Å². The number of pyridine rings is 1. The van der Waals surface area contributed by atoms with Crippen molar-refractivity contribution in [2.45, 2.75) is 31.7 Å². The Bertz CT molecular complexity index is 837. The van der Waals surface area contributed by atoms with E-state index in [0.29, 0.717) is 25.3 Å². The van der Waals surface area contributed by atoms with Gasteiger partial charge in [-0.15, -0.1) is 0 Å². The van der Waals surface area contributed by atoms with Crippen molar-refractivity contribution in [2.75, 3.05) is 33.4 Å². The smallest absolute Gasteiger partial charge is 0.254 e. The van der Waals surface area contributed by atoms with Gasteiger partial charge in [-0.1, -0.05) is 17.7 Å². The standard InChI is InChI=1S/C20H24ClN3O2/c1-26-12-14-11-24(9-8-22-14)20(25)13-6-7-16-18(10-13)23-17-5-3-2-4-15(17)19(16)21/h6-7,10,14,22H,2-5,8-9,11-12H2,1H3. The summed E-state index contributed by atoms with van der Waals surface area (Å²) in [7, 11) is 1.68. The van der Waals surface area contributed by atoms with Crippen molar-refractivity contribution in [3.8, 4) is 0 Å². The molecular formula is C20H24ClN3O2. The molecule has 26 heavy (non-hydrogen) atoms. The molecule has 1 aromatic heterocycles. The molecule has 2 aliphatic rings. The maximum Gasteiger partial charge on any atom is 0.254 e. The summed E-state index contributed by atoms with van der Waals surface area (Å²) in [6, 6.07) is 5.89. The molecule has 1 atom stereocenters. The van der Waals surface area contributed by atoms with E-state index in [9.17, 15) is 4.79 Å². The topological polar surface area (TPSA) is 54.5 Å². The first-order valence-electron chi connectivity index (χ1n) is 9.30. The van der Waals surface area contributed by atoms with Gasteiger partial charge in [-0.05, 0) is 43.4 Å². The summed E-state index contributed by atoms with van der Waals surface area (Å²) in [5, 5.41) is 5.14. The second kappa shape index (κ2) is 7.51. The summed E-state index contributed by atoms with van der Waals surface area (Å²) >= 11 is 6.64. The number of aromatic nitrogens is 1. The lowest BCUT2D eigenvalue weighted by molar-refractivity contribution is 0.0642. The molecule has 6 heteroatoms. The lowest BCUT2D eigenvalue weighted by Crippen LogP contribution is -2.54. The van der Waals surface area contributed by atoms with Crippen LogP contribution in [0.1, 0.15) is 34.5 Å². The monoisotopic (exact) mass is 373 g/mol. The largest absolute Gasteiger partial charge is 0.383 e. The molecule has 1 unspecified atom stereocenters. The van der Waals surface area contributed by atoms with Gasteiger partial charge in [-0.3, -0.25) is 9.78 Å². The van der Waals surface area contributed by atoms with Gasteiger partial charge in [0, 0.05) is 49.4 Å². The zero-order valence-corrected chi connectivity index (χ0v) is 15.8. The summed E-state index contributed by atoms with van der Waals surface area (Å²) in [5.41, 5.74) is 3.79. The van der Waals surface area contributed by atoms with E-state index in [1.54, 1.807) is 7.11 Å². The molecule has 1 aliphatic carbocycles. The molecule has 2 aromatic rings. The number of nitrogens with zero attached hydrogens (tertiary/aromatic N) is 2. The minimum Gasteiger partial charge on any atom is -0.383 e. The molecule has 1 aromatic carbocycles. The van der Waals surface area contributed by atoms with Gasteiger partial charge in [0.1, 0.15) is 0 Å². The number of carbonyl (C=O) groups is 1. The Morgan fingerprint density at radius 2 is 2.23 bits per heavy atom. The number of piperazine rings is 1. The van der Waals surface area contributed by atoms with Crippen LogP contribution in [0.2, 0.25) is 5.02 Å². The Balaban J connectivity index is 1.63. The van der Waals surface area contributed by atoms with Crippen molar-refractivity contribution >= 4 is 28.4 Å². The third-order valence-electron chi connectivity index (χ3n) is 5.35. The first kappa shape index (κ1) is 17.7. The number of benzene rings is 1. The average molecular weight is 374 g/mol. The van der Waals surface area contributed by atoms with Crippen LogP contribution < -0.4 is 5.32 Å². The normalized spacial score (nSPS) is 20.2. The number of halogens is 1. The average Bonchev–Trinajstić information content (AvgIpc) is 2.68. The second-order valence-corrected chi connectivity index (χ2v) is 7.53. The highest BCUT2D eigenvalue weighted by Gasteiger charge is 2.25. The van der Waals surface area contributed by atoms with Crippen molar-refractivity contribution in [3.63, 3.8) is 0 Å². The van der Waals surface area contributed by atoms with E-state index in [0.717, 1.165) is 47.4 Å². The van der Waals surface area contributed by atoms with Crippen LogP contribution in [0, 0.1) is 0 Å². The number of methoxy groups -OCH3 is 1. The minimum absolute atomic E-state index is 0.0464. The second-order valence-electron chi connectivity index (χ2n) is 7.15. The van der Waals surface area contributed by atoms with Crippen LogP contribution >= 0.6 is 11.6 Å². The van der Waals surface area contributed by atoms with Crippen molar-refractivity contribution in [2.24, 2.45) is 0 Å². The molecule has 4 rings (SSSR count). The van der Waals surface area contributed by atoms with Crippen molar-refractivity contribution in [3.05, 3.63) is 40.0 Å². The van der Waals surface area contributed by atoms with E-state index >= 15 is 0 Å².